The molecule has 0 fully saturated rings. The van der Waals surface area contributed by atoms with E-state index in [0.717, 1.165) is 17.5 Å². The minimum Gasteiger partial charge on any atom is -0.296 e. The van der Waals surface area contributed by atoms with Crippen LogP contribution in [0.4, 0.5) is 10.1 Å². The van der Waals surface area contributed by atoms with Crippen LogP contribution in [-0.2, 0) is 0 Å². The van der Waals surface area contributed by atoms with Crippen molar-refractivity contribution in [3.63, 3.8) is 0 Å². The average Bonchev–Trinajstić information content (AvgIpc) is 2.77. The molecule has 0 aliphatic carbocycles. The molecule has 18 heavy (non-hydrogen) atoms. The summed E-state index contributed by atoms with van der Waals surface area (Å²) in [6, 6.07) is 2.92. The summed E-state index contributed by atoms with van der Waals surface area (Å²) in [4.78, 5) is 29.1. The van der Waals surface area contributed by atoms with E-state index in [0.29, 0.717) is 5.02 Å². The van der Waals surface area contributed by atoms with Crippen molar-refractivity contribution in [3.8, 4) is 0 Å². The first-order valence-corrected chi connectivity index (χ1v) is 5.79. The first kappa shape index (κ1) is 12.4. The van der Waals surface area contributed by atoms with Crippen LogP contribution in [-0.4, -0.2) is 20.8 Å². The minimum absolute atomic E-state index is 0.111. The molecule has 2 heterocycles. The first-order valence-electron chi connectivity index (χ1n) is 4.59. The van der Waals surface area contributed by atoms with E-state index in [-0.39, 0.29) is 15.8 Å². The molecule has 0 aromatic carbocycles. The topological polar surface area (TPSA) is 98.0 Å². The summed E-state index contributed by atoms with van der Waals surface area (Å²) in [6.45, 7) is 0. The Balaban J connectivity index is 2.13. The highest BCUT2D eigenvalue weighted by Crippen LogP contribution is 2.25. The first-order chi connectivity index (χ1) is 8.56. The Morgan fingerprint density at radius 3 is 2.89 bits per heavy atom. The summed E-state index contributed by atoms with van der Waals surface area (Å²) in [6.07, 6.45) is 2.47. The summed E-state index contributed by atoms with van der Waals surface area (Å²) in [5, 5.41) is 13.2. The fraction of sp³-hybridized carbons (Fsp3) is 0. The summed E-state index contributed by atoms with van der Waals surface area (Å²) in [5.74, 6) is -0.526. The number of thiazole rings is 1. The second kappa shape index (κ2) is 5.07. The van der Waals surface area contributed by atoms with Crippen molar-refractivity contribution in [2.75, 3.05) is 5.32 Å². The lowest BCUT2D eigenvalue weighted by molar-refractivity contribution is -0.380. The van der Waals surface area contributed by atoms with Gasteiger partial charge < -0.3 is 0 Å². The number of halogens is 1. The third kappa shape index (κ3) is 2.79. The number of nitro groups is 1. The van der Waals surface area contributed by atoms with Crippen LogP contribution < -0.4 is 5.32 Å². The van der Waals surface area contributed by atoms with Crippen molar-refractivity contribution in [1.82, 2.24) is 9.97 Å². The number of pyridine rings is 1. The molecule has 0 unspecified atom stereocenters. The highest BCUT2D eigenvalue weighted by Gasteiger charge is 2.15. The number of hydrogen-bond acceptors (Lipinski definition) is 6. The molecule has 0 saturated heterocycles. The maximum Gasteiger partial charge on any atom is 0.345 e. The SMILES string of the molecule is O=C(Nc1ncc([N+](=O)[O-])s1)c1cc(Cl)ccn1. The summed E-state index contributed by atoms with van der Waals surface area (Å²) in [5.41, 5.74) is 0.111. The predicted octanol–water partition coefficient (Wildman–Crippen LogP) is 2.35. The Morgan fingerprint density at radius 2 is 2.28 bits per heavy atom. The Labute approximate surface area is 110 Å². The van der Waals surface area contributed by atoms with E-state index in [1.54, 1.807) is 0 Å². The van der Waals surface area contributed by atoms with Crippen LogP contribution in [0.1, 0.15) is 10.5 Å². The van der Waals surface area contributed by atoms with Crippen molar-refractivity contribution in [1.29, 1.82) is 0 Å². The van der Waals surface area contributed by atoms with E-state index in [4.69, 9.17) is 11.6 Å². The number of nitrogens with one attached hydrogen (secondary N) is 1. The highest BCUT2D eigenvalue weighted by atomic mass is 35.5. The minimum atomic E-state index is -0.578. The molecule has 92 valence electrons. The van der Waals surface area contributed by atoms with Crippen LogP contribution in [0.5, 0.6) is 0 Å². The lowest BCUT2D eigenvalue weighted by atomic mass is 10.3. The number of carbonyl (C=O) groups excluding carboxylic acids is 1. The van der Waals surface area contributed by atoms with Gasteiger partial charge in [0.05, 0.1) is 4.92 Å². The van der Waals surface area contributed by atoms with Gasteiger partial charge >= 0.3 is 5.00 Å². The van der Waals surface area contributed by atoms with Crippen LogP contribution in [0.3, 0.4) is 0 Å². The van der Waals surface area contributed by atoms with Gasteiger partial charge in [0.1, 0.15) is 11.9 Å². The van der Waals surface area contributed by atoms with Gasteiger partial charge in [-0.05, 0) is 23.5 Å². The Morgan fingerprint density at radius 1 is 1.50 bits per heavy atom. The van der Waals surface area contributed by atoms with Crippen LogP contribution >= 0.6 is 22.9 Å². The average molecular weight is 285 g/mol. The lowest BCUT2D eigenvalue weighted by Crippen LogP contribution is -2.13. The zero-order valence-electron chi connectivity index (χ0n) is 8.66. The van der Waals surface area contributed by atoms with Gasteiger partial charge in [0.2, 0.25) is 0 Å². The van der Waals surface area contributed by atoms with Crippen molar-refractivity contribution < 1.29 is 9.72 Å². The molecule has 0 aliphatic rings. The molecule has 2 aromatic rings. The Kier molecular flexibility index (Phi) is 3.49. The molecule has 2 aromatic heterocycles. The van der Waals surface area contributed by atoms with Gasteiger partial charge in [0.25, 0.3) is 5.91 Å². The van der Waals surface area contributed by atoms with Crippen LogP contribution in [0.2, 0.25) is 5.02 Å². The highest BCUT2D eigenvalue weighted by molar-refractivity contribution is 7.18. The molecule has 0 spiro atoms. The molecule has 0 radical (unpaired) electrons. The zero-order chi connectivity index (χ0) is 13.1. The molecule has 1 amide bonds. The normalized spacial score (nSPS) is 10.1. The molecule has 0 bridgehead atoms. The van der Waals surface area contributed by atoms with E-state index in [9.17, 15) is 14.9 Å². The third-order valence-electron chi connectivity index (χ3n) is 1.85. The number of hydrogen-bond donors (Lipinski definition) is 1. The monoisotopic (exact) mass is 284 g/mol. The summed E-state index contributed by atoms with van der Waals surface area (Å²) < 4.78 is 0. The van der Waals surface area contributed by atoms with E-state index in [1.165, 1.54) is 18.3 Å². The number of rotatable bonds is 3. The van der Waals surface area contributed by atoms with Gasteiger partial charge in [-0.3, -0.25) is 25.2 Å². The summed E-state index contributed by atoms with van der Waals surface area (Å²) in [7, 11) is 0. The molecule has 7 nitrogen and oxygen atoms in total. The van der Waals surface area contributed by atoms with E-state index >= 15 is 0 Å². The molecule has 0 aliphatic heterocycles. The maximum absolute atomic E-state index is 11.7. The van der Waals surface area contributed by atoms with Gasteiger partial charge in [-0.15, -0.1) is 0 Å². The van der Waals surface area contributed by atoms with Crippen LogP contribution in [0.25, 0.3) is 0 Å². The van der Waals surface area contributed by atoms with Gasteiger partial charge in [0, 0.05) is 11.2 Å². The number of amides is 1. The van der Waals surface area contributed by atoms with Gasteiger partial charge in [0.15, 0.2) is 5.13 Å². The van der Waals surface area contributed by atoms with Crippen molar-refractivity contribution in [3.05, 3.63) is 45.4 Å². The third-order valence-corrected chi connectivity index (χ3v) is 2.95. The molecular weight excluding hydrogens is 280 g/mol. The Hall–Kier alpha value is -2.06. The second-order valence-corrected chi connectivity index (χ2v) is 4.52. The maximum atomic E-state index is 11.7. The van der Waals surface area contributed by atoms with Crippen molar-refractivity contribution in [2.45, 2.75) is 0 Å². The van der Waals surface area contributed by atoms with Gasteiger partial charge in [-0.2, -0.15) is 0 Å². The van der Waals surface area contributed by atoms with E-state index < -0.39 is 10.8 Å². The predicted molar refractivity (Wildman–Crippen MR) is 66.0 cm³/mol. The van der Waals surface area contributed by atoms with Gasteiger partial charge in [-0.1, -0.05) is 11.6 Å². The quantitative estimate of drug-likeness (QED) is 0.689. The number of carbonyl (C=O) groups is 1. The number of nitrogens with zero attached hydrogens (tertiary/aromatic N) is 3. The molecule has 0 saturated carbocycles. The van der Waals surface area contributed by atoms with Gasteiger partial charge in [-0.25, -0.2) is 4.98 Å². The number of anilines is 1. The lowest BCUT2D eigenvalue weighted by Gasteiger charge is -2.00. The number of aromatic nitrogens is 2. The standard InChI is InChI=1S/C9H5ClN4O3S/c10-5-1-2-11-6(3-5)8(15)13-9-12-4-7(18-9)14(16)17/h1-4H,(H,12,13,15). The molecule has 0 atom stereocenters. The van der Waals surface area contributed by atoms with E-state index in [1.807, 2.05) is 0 Å². The van der Waals surface area contributed by atoms with E-state index in [2.05, 4.69) is 15.3 Å². The second-order valence-electron chi connectivity index (χ2n) is 3.07. The smallest absolute Gasteiger partial charge is 0.296 e. The summed E-state index contributed by atoms with van der Waals surface area (Å²) >= 11 is 6.48. The largest absolute Gasteiger partial charge is 0.345 e. The zero-order valence-corrected chi connectivity index (χ0v) is 10.2. The Bertz CT molecular complexity index is 615. The molecule has 2 rings (SSSR count). The fourth-order valence-electron chi connectivity index (χ4n) is 1.10. The molecule has 1 N–H and O–H groups in total. The van der Waals surface area contributed by atoms with Crippen LogP contribution in [0.15, 0.2) is 24.5 Å². The van der Waals surface area contributed by atoms with Crippen molar-refractivity contribution >= 4 is 39.0 Å². The molecular formula is C9H5ClN4O3S. The fourth-order valence-corrected chi connectivity index (χ4v) is 1.88. The van der Waals surface area contributed by atoms with Crippen molar-refractivity contribution in [2.24, 2.45) is 0 Å². The van der Waals surface area contributed by atoms with Crippen LogP contribution in [0, 0.1) is 10.1 Å². The molecule has 9 heteroatoms.